The summed E-state index contributed by atoms with van der Waals surface area (Å²) in [6.07, 6.45) is 6.44. The van der Waals surface area contributed by atoms with Crippen molar-refractivity contribution in [2.24, 2.45) is 11.8 Å². The molecule has 2 unspecified atom stereocenters. The molecule has 1 fully saturated rings. The third-order valence-corrected chi connectivity index (χ3v) is 5.46. The number of anilines is 1. The first-order chi connectivity index (χ1) is 11.1. The molecule has 2 atom stereocenters. The van der Waals surface area contributed by atoms with E-state index in [0.717, 1.165) is 37.0 Å². The van der Waals surface area contributed by atoms with Crippen LogP contribution in [-0.4, -0.2) is 40.0 Å². The van der Waals surface area contributed by atoms with Crippen LogP contribution in [0.5, 0.6) is 0 Å². The third kappa shape index (κ3) is 4.23. The van der Waals surface area contributed by atoms with Crippen molar-refractivity contribution in [2.75, 3.05) is 25.5 Å². The second-order valence-corrected chi connectivity index (χ2v) is 7.28. The van der Waals surface area contributed by atoms with Crippen LogP contribution in [0, 0.1) is 17.7 Å². The molecule has 1 aliphatic heterocycles. The summed E-state index contributed by atoms with van der Waals surface area (Å²) in [5.74, 6) is 1.50. The molecule has 3 rings (SSSR count). The summed E-state index contributed by atoms with van der Waals surface area (Å²) >= 11 is 1.70. The molecule has 2 aromatic heterocycles. The normalized spacial score (nSPS) is 22.2. The van der Waals surface area contributed by atoms with E-state index in [-0.39, 0.29) is 5.82 Å². The van der Waals surface area contributed by atoms with Crippen molar-refractivity contribution in [3.8, 4) is 0 Å². The Morgan fingerprint density at radius 1 is 1.30 bits per heavy atom. The summed E-state index contributed by atoms with van der Waals surface area (Å²) in [5.41, 5.74) is 0. The first-order valence-electron chi connectivity index (χ1n) is 7.95. The van der Waals surface area contributed by atoms with Crippen molar-refractivity contribution < 1.29 is 4.39 Å². The summed E-state index contributed by atoms with van der Waals surface area (Å²) in [7, 11) is 1.89. The zero-order valence-electron chi connectivity index (χ0n) is 13.5. The van der Waals surface area contributed by atoms with Crippen LogP contribution >= 0.6 is 11.3 Å². The Bertz CT molecular complexity index is 630. The number of hydrogen-bond donors (Lipinski definition) is 1. The number of aromatic nitrogens is 3. The van der Waals surface area contributed by atoms with Crippen LogP contribution in [0.15, 0.2) is 18.6 Å². The van der Waals surface area contributed by atoms with Gasteiger partial charge in [-0.1, -0.05) is 6.92 Å². The summed E-state index contributed by atoms with van der Waals surface area (Å²) in [5, 5.41) is 4.04. The molecular weight excluding hydrogens is 313 g/mol. The van der Waals surface area contributed by atoms with E-state index in [9.17, 15) is 4.39 Å². The Labute approximate surface area is 140 Å². The molecule has 7 heteroatoms. The molecule has 2 aromatic rings. The molecule has 23 heavy (non-hydrogen) atoms. The molecule has 1 saturated heterocycles. The van der Waals surface area contributed by atoms with Crippen molar-refractivity contribution in [3.63, 3.8) is 0 Å². The lowest BCUT2D eigenvalue weighted by Crippen LogP contribution is -2.40. The molecule has 0 aliphatic carbocycles. The van der Waals surface area contributed by atoms with Crippen LogP contribution in [-0.2, 0) is 13.0 Å². The standard InChI is InChI=1S/C16H22FN5S/c1-11-3-4-22(10-14-8-21-16(18-2)23-14)9-12(11)5-15-19-6-13(17)7-20-15/h6-8,11-12H,3-5,9-10H2,1-2H3,(H,18,21). The highest BCUT2D eigenvalue weighted by Gasteiger charge is 2.27. The number of nitrogens with one attached hydrogen (secondary N) is 1. The predicted octanol–water partition coefficient (Wildman–Crippen LogP) is 2.81. The second kappa shape index (κ2) is 7.31. The fraction of sp³-hybridized carbons (Fsp3) is 0.562. The van der Waals surface area contributed by atoms with E-state index in [2.05, 4.69) is 32.1 Å². The number of piperidine rings is 1. The van der Waals surface area contributed by atoms with E-state index in [1.807, 2.05) is 13.2 Å². The fourth-order valence-corrected chi connectivity index (χ4v) is 3.84. The highest BCUT2D eigenvalue weighted by atomic mass is 32.1. The van der Waals surface area contributed by atoms with Crippen LogP contribution in [0.25, 0.3) is 0 Å². The van der Waals surface area contributed by atoms with Gasteiger partial charge in [0.15, 0.2) is 10.9 Å². The Morgan fingerprint density at radius 3 is 2.78 bits per heavy atom. The third-order valence-electron chi connectivity index (χ3n) is 4.46. The first-order valence-corrected chi connectivity index (χ1v) is 8.77. The quantitative estimate of drug-likeness (QED) is 0.910. The van der Waals surface area contributed by atoms with Crippen LogP contribution in [0.4, 0.5) is 9.52 Å². The monoisotopic (exact) mass is 335 g/mol. The maximum Gasteiger partial charge on any atom is 0.182 e. The maximum atomic E-state index is 12.9. The minimum Gasteiger partial charge on any atom is -0.365 e. The zero-order valence-corrected chi connectivity index (χ0v) is 14.3. The number of halogens is 1. The molecule has 0 saturated carbocycles. The van der Waals surface area contributed by atoms with E-state index in [1.54, 1.807) is 11.3 Å². The van der Waals surface area contributed by atoms with Gasteiger partial charge >= 0.3 is 0 Å². The molecule has 5 nitrogen and oxygen atoms in total. The summed E-state index contributed by atoms with van der Waals surface area (Å²) in [6, 6.07) is 0. The molecule has 1 N–H and O–H groups in total. The molecule has 0 aromatic carbocycles. The van der Waals surface area contributed by atoms with Crippen LogP contribution < -0.4 is 5.32 Å². The van der Waals surface area contributed by atoms with E-state index in [4.69, 9.17) is 0 Å². The molecule has 0 radical (unpaired) electrons. The van der Waals surface area contributed by atoms with Crippen molar-refractivity contribution >= 4 is 16.5 Å². The lowest BCUT2D eigenvalue weighted by Gasteiger charge is -2.36. The van der Waals surface area contributed by atoms with Crippen molar-refractivity contribution in [1.82, 2.24) is 19.9 Å². The van der Waals surface area contributed by atoms with Crippen molar-refractivity contribution in [2.45, 2.75) is 26.3 Å². The molecule has 0 amide bonds. The van der Waals surface area contributed by atoms with Gasteiger partial charge in [0.1, 0.15) is 5.82 Å². The number of thiazole rings is 1. The van der Waals surface area contributed by atoms with E-state index in [1.165, 1.54) is 23.7 Å². The van der Waals surface area contributed by atoms with Gasteiger partial charge in [-0.25, -0.2) is 19.3 Å². The average Bonchev–Trinajstić information content (AvgIpc) is 3.00. The molecule has 1 aliphatic rings. The number of nitrogens with zero attached hydrogens (tertiary/aromatic N) is 4. The van der Waals surface area contributed by atoms with Crippen LogP contribution in [0.2, 0.25) is 0 Å². The lowest BCUT2D eigenvalue weighted by atomic mass is 9.84. The maximum absolute atomic E-state index is 12.9. The summed E-state index contributed by atoms with van der Waals surface area (Å²) < 4.78 is 12.9. The van der Waals surface area contributed by atoms with Gasteiger partial charge in [0.2, 0.25) is 0 Å². The van der Waals surface area contributed by atoms with Gasteiger partial charge in [-0.05, 0) is 24.8 Å². The Balaban J connectivity index is 1.60. The zero-order chi connectivity index (χ0) is 16.2. The minimum absolute atomic E-state index is 0.377. The van der Waals surface area contributed by atoms with Crippen LogP contribution in [0.3, 0.4) is 0 Å². The van der Waals surface area contributed by atoms with Gasteiger partial charge in [0, 0.05) is 37.6 Å². The Hall–Kier alpha value is -1.60. The second-order valence-electron chi connectivity index (χ2n) is 6.16. The fourth-order valence-electron chi connectivity index (χ4n) is 3.03. The molecule has 3 heterocycles. The lowest BCUT2D eigenvalue weighted by molar-refractivity contribution is 0.121. The minimum atomic E-state index is -0.377. The predicted molar refractivity (Wildman–Crippen MR) is 89.9 cm³/mol. The average molecular weight is 335 g/mol. The smallest absolute Gasteiger partial charge is 0.182 e. The van der Waals surface area contributed by atoms with Gasteiger partial charge in [-0.3, -0.25) is 4.90 Å². The molecule has 124 valence electrons. The largest absolute Gasteiger partial charge is 0.365 e. The number of hydrogen-bond acceptors (Lipinski definition) is 6. The van der Waals surface area contributed by atoms with Gasteiger partial charge in [0.25, 0.3) is 0 Å². The number of rotatable bonds is 5. The SMILES string of the molecule is CNc1ncc(CN2CCC(C)C(Cc3ncc(F)cn3)C2)s1. The van der Waals surface area contributed by atoms with Gasteiger partial charge < -0.3 is 5.32 Å². The van der Waals surface area contributed by atoms with E-state index >= 15 is 0 Å². The van der Waals surface area contributed by atoms with Crippen molar-refractivity contribution in [3.05, 3.63) is 35.1 Å². The van der Waals surface area contributed by atoms with Crippen molar-refractivity contribution in [1.29, 1.82) is 0 Å². The van der Waals surface area contributed by atoms with E-state index < -0.39 is 0 Å². The Kier molecular flexibility index (Phi) is 5.17. The van der Waals surface area contributed by atoms with Gasteiger partial charge in [0.05, 0.1) is 12.4 Å². The Morgan fingerprint density at radius 2 is 2.09 bits per heavy atom. The summed E-state index contributed by atoms with van der Waals surface area (Å²) in [6.45, 7) is 5.35. The highest BCUT2D eigenvalue weighted by Crippen LogP contribution is 2.28. The number of likely N-dealkylation sites (tertiary alicyclic amines) is 1. The first kappa shape index (κ1) is 16.3. The highest BCUT2D eigenvalue weighted by molar-refractivity contribution is 7.15. The molecule has 0 spiro atoms. The molecular formula is C16H22FN5S. The molecule has 0 bridgehead atoms. The summed E-state index contributed by atoms with van der Waals surface area (Å²) in [4.78, 5) is 16.3. The topological polar surface area (TPSA) is 53.9 Å². The van der Waals surface area contributed by atoms with Gasteiger partial charge in [-0.2, -0.15) is 0 Å². The van der Waals surface area contributed by atoms with Gasteiger partial charge in [-0.15, -0.1) is 11.3 Å². The van der Waals surface area contributed by atoms with E-state index in [0.29, 0.717) is 11.8 Å². The van der Waals surface area contributed by atoms with Crippen LogP contribution in [0.1, 0.15) is 24.0 Å².